The Morgan fingerprint density at radius 2 is 1.64 bits per heavy atom. The quantitative estimate of drug-likeness (QED) is 0.420. The van der Waals surface area contributed by atoms with Crippen LogP contribution < -0.4 is 10.9 Å². The second-order valence-corrected chi connectivity index (χ2v) is 6.98. The number of hydrogen-bond acceptors (Lipinski definition) is 3. The Hall–Kier alpha value is -3.08. The van der Waals surface area contributed by atoms with Gasteiger partial charge in [-0.15, -0.1) is 0 Å². The second kappa shape index (κ2) is 7.50. The fourth-order valence-corrected chi connectivity index (χ4v) is 3.19. The molecule has 0 saturated heterocycles. The van der Waals surface area contributed by atoms with Gasteiger partial charge in [0.25, 0.3) is 5.91 Å². The molecule has 0 saturated carbocycles. The maximum Gasteiger partial charge on any atom is 0.344 e. The summed E-state index contributed by atoms with van der Waals surface area (Å²) < 4.78 is 5.37. The van der Waals surface area contributed by atoms with Crippen molar-refractivity contribution < 1.29 is 9.21 Å². The maximum absolute atomic E-state index is 12.5. The molecule has 3 aromatic carbocycles. The van der Waals surface area contributed by atoms with E-state index >= 15 is 0 Å². The Balaban J connectivity index is 1.62. The van der Waals surface area contributed by atoms with Crippen molar-refractivity contribution in [3.05, 3.63) is 98.8 Å². The molecule has 28 heavy (non-hydrogen) atoms. The minimum atomic E-state index is -0.429. The topological polar surface area (TPSA) is 59.3 Å². The van der Waals surface area contributed by atoms with Gasteiger partial charge in [0, 0.05) is 16.0 Å². The normalized spacial score (nSPS) is 10.8. The van der Waals surface area contributed by atoms with Gasteiger partial charge < -0.3 is 9.73 Å². The molecule has 4 aromatic rings. The lowest BCUT2D eigenvalue weighted by molar-refractivity contribution is 0.102. The molecule has 0 radical (unpaired) electrons. The third-order valence-electron chi connectivity index (χ3n) is 4.28. The molecule has 1 heterocycles. The Morgan fingerprint density at radius 1 is 0.893 bits per heavy atom. The lowest BCUT2D eigenvalue weighted by Gasteiger charge is -2.08. The van der Waals surface area contributed by atoms with Crippen LogP contribution in [-0.2, 0) is 0 Å². The van der Waals surface area contributed by atoms with Gasteiger partial charge in [0.2, 0.25) is 0 Å². The van der Waals surface area contributed by atoms with Crippen molar-refractivity contribution >= 4 is 45.8 Å². The van der Waals surface area contributed by atoms with Crippen molar-refractivity contribution in [3.8, 4) is 11.1 Å². The van der Waals surface area contributed by atoms with Crippen molar-refractivity contribution in [1.29, 1.82) is 0 Å². The molecular weight excluding hydrogens is 397 g/mol. The van der Waals surface area contributed by atoms with Crippen LogP contribution >= 0.6 is 23.2 Å². The summed E-state index contributed by atoms with van der Waals surface area (Å²) in [4.78, 5) is 24.8. The number of fused-ring (bicyclic) bond motifs is 1. The first-order chi connectivity index (χ1) is 13.5. The predicted molar refractivity (Wildman–Crippen MR) is 112 cm³/mol. The third kappa shape index (κ3) is 3.65. The van der Waals surface area contributed by atoms with E-state index in [2.05, 4.69) is 5.32 Å². The number of benzene rings is 3. The van der Waals surface area contributed by atoms with Gasteiger partial charge >= 0.3 is 5.63 Å². The number of rotatable bonds is 3. The fraction of sp³-hybridized carbons (Fsp3) is 0. The van der Waals surface area contributed by atoms with Crippen molar-refractivity contribution in [2.75, 3.05) is 5.32 Å². The number of halogens is 2. The van der Waals surface area contributed by atoms with Crippen LogP contribution in [0.1, 0.15) is 10.4 Å². The Bertz CT molecular complexity index is 1250. The zero-order chi connectivity index (χ0) is 19.7. The van der Waals surface area contributed by atoms with Crippen molar-refractivity contribution in [2.24, 2.45) is 0 Å². The molecule has 0 fully saturated rings. The molecule has 1 aromatic heterocycles. The highest BCUT2D eigenvalue weighted by Crippen LogP contribution is 2.26. The number of hydrogen-bond donors (Lipinski definition) is 1. The van der Waals surface area contributed by atoms with E-state index in [1.54, 1.807) is 54.6 Å². The Kier molecular flexibility index (Phi) is 4.90. The first kappa shape index (κ1) is 18.3. The molecule has 0 aliphatic carbocycles. The zero-order valence-corrected chi connectivity index (χ0v) is 15.9. The fourth-order valence-electron chi connectivity index (χ4n) is 2.85. The lowest BCUT2D eigenvalue weighted by Crippen LogP contribution is -2.12. The van der Waals surface area contributed by atoms with Gasteiger partial charge in [-0.3, -0.25) is 4.79 Å². The molecule has 0 unspecified atom stereocenters. The molecule has 6 heteroatoms. The lowest BCUT2D eigenvalue weighted by atomic mass is 10.0. The monoisotopic (exact) mass is 409 g/mol. The van der Waals surface area contributed by atoms with Crippen LogP contribution in [0.5, 0.6) is 0 Å². The number of para-hydroxylation sites is 1. The van der Waals surface area contributed by atoms with Gasteiger partial charge in [-0.05, 0) is 48.0 Å². The first-order valence-corrected chi connectivity index (χ1v) is 9.16. The van der Waals surface area contributed by atoms with E-state index in [1.807, 2.05) is 18.2 Å². The van der Waals surface area contributed by atoms with Gasteiger partial charge in [0.1, 0.15) is 5.58 Å². The van der Waals surface area contributed by atoms with Crippen molar-refractivity contribution in [3.63, 3.8) is 0 Å². The molecule has 1 amide bonds. The van der Waals surface area contributed by atoms with Gasteiger partial charge in [-0.25, -0.2) is 4.79 Å². The minimum absolute atomic E-state index is 0.332. The average molecular weight is 410 g/mol. The molecule has 4 nitrogen and oxygen atoms in total. The van der Waals surface area contributed by atoms with E-state index in [9.17, 15) is 9.59 Å². The van der Waals surface area contributed by atoms with Gasteiger partial charge in [-0.2, -0.15) is 0 Å². The van der Waals surface area contributed by atoms with Crippen LogP contribution in [0.15, 0.2) is 82.0 Å². The standard InChI is InChI=1S/C22H13Cl2NO3/c23-16-9-10-18(24)19(12-16)25-21(26)14-7-5-13(6-8-14)17-11-15-3-1-2-4-20(15)28-22(17)27/h1-12H,(H,25,26). The van der Waals surface area contributed by atoms with Gasteiger partial charge in [-0.1, -0.05) is 53.5 Å². The summed E-state index contributed by atoms with van der Waals surface area (Å²) in [5.41, 5.74) is 2.05. The predicted octanol–water partition coefficient (Wildman–Crippen LogP) is 6.02. The van der Waals surface area contributed by atoms with Crippen LogP contribution in [0.4, 0.5) is 5.69 Å². The largest absolute Gasteiger partial charge is 0.422 e. The smallest absolute Gasteiger partial charge is 0.344 e. The average Bonchev–Trinajstić information content (AvgIpc) is 2.70. The highest BCUT2D eigenvalue weighted by Gasteiger charge is 2.11. The van der Waals surface area contributed by atoms with E-state index in [0.29, 0.717) is 38.0 Å². The summed E-state index contributed by atoms with van der Waals surface area (Å²) in [6.45, 7) is 0. The number of carbonyl (C=O) groups excluding carboxylic acids is 1. The molecule has 0 bridgehead atoms. The molecule has 0 atom stereocenters. The SMILES string of the molecule is O=C(Nc1cc(Cl)ccc1Cl)c1ccc(-c2cc3ccccc3oc2=O)cc1. The summed E-state index contributed by atoms with van der Waals surface area (Å²) >= 11 is 12.0. The summed E-state index contributed by atoms with van der Waals surface area (Å²) in [5.74, 6) is -0.332. The molecule has 0 aliphatic heterocycles. The van der Waals surface area contributed by atoms with Gasteiger partial charge in [0.15, 0.2) is 0 Å². The molecular formula is C22H13Cl2NO3. The highest BCUT2D eigenvalue weighted by atomic mass is 35.5. The summed E-state index contributed by atoms with van der Waals surface area (Å²) in [6, 6.07) is 20.6. The van der Waals surface area contributed by atoms with E-state index in [4.69, 9.17) is 27.6 Å². The van der Waals surface area contributed by atoms with Gasteiger partial charge in [0.05, 0.1) is 16.3 Å². The minimum Gasteiger partial charge on any atom is -0.422 e. The summed E-state index contributed by atoms with van der Waals surface area (Å²) in [7, 11) is 0. The van der Waals surface area contributed by atoms with Crippen LogP contribution in [0, 0.1) is 0 Å². The molecule has 4 rings (SSSR count). The van der Waals surface area contributed by atoms with Crippen molar-refractivity contribution in [1.82, 2.24) is 0 Å². The van der Waals surface area contributed by atoms with Crippen LogP contribution in [0.3, 0.4) is 0 Å². The summed E-state index contributed by atoms with van der Waals surface area (Å²) in [5, 5.41) is 4.42. The summed E-state index contributed by atoms with van der Waals surface area (Å²) in [6.07, 6.45) is 0. The second-order valence-electron chi connectivity index (χ2n) is 6.14. The molecule has 0 aliphatic rings. The van der Waals surface area contributed by atoms with E-state index in [1.165, 1.54) is 0 Å². The van der Waals surface area contributed by atoms with E-state index < -0.39 is 5.63 Å². The number of carbonyl (C=O) groups is 1. The molecule has 0 spiro atoms. The first-order valence-electron chi connectivity index (χ1n) is 8.41. The number of anilines is 1. The maximum atomic E-state index is 12.5. The van der Waals surface area contributed by atoms with Crippen LogP contribution in [0.2, 0.25) is 10.0 Å². The number of nitrogens with one attached hydrogen (secondary N) is 1. The molecule has 138 valence electrons. The van der Waals surface area contributed by atoms with E-state index in [0.717, 1.165) is 5.39 Å². The van der Waals surface area contributed by atoms with Crippen LogP contribution in [-0.4, -0.2) is 5.91 Å². The zero-order valence-electron chi connectivity index (χ0n) is 14.4. The number of amides is 1. The molecule has 1 N–H and O–H groups in total. The van der Waals surface area contributed by atoms with Crippen molar-refractivity contribution in [2.45, 2.75) is 0 Å². The third-order valence-corrected chi connectivity index (χ3v) is 4.84. The van der Waals surface area contributed by atoms with E-state index in [-0.39, 0.29) is 5.91 Å². The highest BCUT2D eigenvalue weighted by molar-refractivity contribution is 6.35. The Labute approximate surface area is 170 Å². The van der Waals surface area contributed by atoms with Crippen LogP contribution in [0.25, 0.3) is 22.1 Å². The Morgan fingerprint density at radius 3 is 2.43 bits per heavy atom.